The van der Waals surface area contributed by atoms with E-state index in [4.69, 9.17) is 0 Å². The molecular formula is C14H22. The molecule has 0 aliphatic heterocycles. The Morgan fingerprint density at radius 3 is 2.86 bits per heavy atom. The lowest BCUT2D eigenvalue weighted by Gasteiger charge is -2.16. The van der Waals surface area contributed by atoms with Crippen LogP contribution >= 0.6 is 0 Å². The van der Waals surface area contributed by atoms with E-state index in [1.165, 1.54) is 24.8 Å². The number of rotatable bonds is 3. The van der Waals surface area contributed by atoms with E-state index in [1.807, 2.05) is 0 Å². The van der Waals surface area contributed by atoms with E-state index in [2.05, 4.69) is 45.1 Å². The second-order valence-electron chi connectivity index (χ2n) is 4.53. The maximum Gasteiger partial charge on any atom is -0.0167 e. The Bertz CT molecular complexity index is 249. The third-order valence-electron chi connectivity index (χ3n) is 2.75. The first kappa shape index (κ1) is 11.3. The van der Waals surface area contributed by atoms with E-state index in [1.54, 1.807) is 5.57 Å². The molecule has 14 heavy (non-hydrogen) atoms. The second kappa shape index (κ2) is 5.85. The Morgan fingerprint density at radius 1 is 1.50 bits per heavy atom. The molecule has 1 aliphatic rings. The summed E-state index contributed by atoms with van der Waals surface area (Å²) in [4.78, 5) is 0. The van der Waals surface area contributed by atoms with Gasteiger partial charge in [-0.1, -0.05) is 35.5 Å². The number of hydrogen-bond acceptors (Lipinski definition) is 0. The molecule has 0 heteroatoms. The van der Waals surface area contributed by atoms with Crippen LogP contribution in [0.15, 0.2) is 35.5 Å². The second-order valence-corrected chi connectivity index (χ2v) is 4.53. The van der Waals surface area contributed by atoms with Gasteiger partial charge in [0.15, 0.2) is 0 Å². The van der Waals surface area contributed by atoms with Crippen molar-refractivity contribution in [2.75, 3.05) is 0 Å². The zero-order valence-electron chi connectivity index (χ0n) is 9.72. The first-order chi connectivity index (χ1) is 6.68. The van der Waals surface area contributed by atoms with E-state index in [0.717, 1.165) is 12.3 Å². The van der Waals surface area contributed by atoms with Crippen molar-refractivity contribution in [3.63, 3.8) is 0 Å². The standard InChI is InChI=1S/C14H22/c1-12(2)6-4-5-7-14-10-8-13(3)9-11-14/h5-8,14H,4,9-11H2,1-3H3/b7-5+. The van der Waals surface area contributed by atoms with Crippen LogP contribution in [0.4, 0.5) is 0 Å². The Labute approximate surface area is 88.4 Å². The quantitative estimate of drug-likeness (QED) is 0.568. The monoisotopic (exact) mass is 190 g/mol. The maximum absolute atomic E-state index is 2.39. The highest BCUT2D eigenvalue weighted by atomic mass is 14.1. The molecule has 0 heterocycles. The number of hydrogen-bond donors (Lipinski definition) is 0. The van der Waals surface area contributed by atoms with Crippen LogP contribution in [-0.2, 0) is 0 Å². The molecule has 0 aromatic rings. The summed E-state index contributed by atoms with van der Waals surface area (Å²) in [6.07, 6.45) is 14.3. The average Bonchev–Trinajstić information content (AvgIpc) is 2.15. The highest BCUT2D eigenvalue weighted by Crippen LogP contribution is 2.24. The van der Waals surface area contributed by atoms with Gasteiger partial charge in [0.25, 0.3) is 0 Å². The summed E-state index contributed by atoms with van der Waals surface area (Å²) in [7, 11) is 0. The summed E-state index contributed by atoms with van der Waals surface area (Å²) in [5.74, 6) is 0.796. The van der Waals surface area contributed by atoms with E-state index in [9.17, 15) is 0 Å². The van der Waals surface area contributed by atoms with Crippen molar-refractivity contribution in [1.82, 2.24) is 0 Å². The summed E-state index contributed by atoms with van der Waals surface area (Å²) < 4.78 is 0. The lowest BCUT2D eigenvalue weighted by atomic mass is 9.90. The molecule has 0 saturated heterocycles. The van der Waals surface area contributed by atoms with Gasteiger partial charge in [-0.3, -0.25) is 0 Å². The minimum absolute atomic E-state index is 0.796. The third kappa shape index (κ3) is 4.45. The predicted octanol–water partition coefficient (Wildman–Crippen LogP) is 4.65. The van der Waals surface area contributed by atoms with Crippen LogP contribution in [-0.4, -0.2) is 0 Å². The van der Waals surface area contributed by atoms with Gasteiger partial charge in [-0.25, -0.2) is 0 Å². The molecule has 0 aromatic carbocycles. The van der Waals surface area contributed by atoms with Crippen LogP contribution in [0.2, 0.25) is 0 Å². The summed E-state index contributed by atoms with van der Waals surface area (Å²) in [6.45, 7) is 6.55. The summed E-state index contributed by atoms with van der Waals surface area (Å²) in [5, 5.41) is 0. The van der Waals surface area contributed by atoms with Crippen molar-refractivity contribution in [1.29, 1.82) is 0 Å². The van der Waals surface area contributed by atoms with Gasteiger partial charge in [0, 0.05) is 0 Å². The van der Waals surface area contributed by atoms with Crippen molar-refractivity contribution in [2.24, 2.45) is 5.92 Å². The van der Waals surface area contributed by atoms with Crippen molar-refractivity contribution in [2.45, 2.75) is 46.5 Å². The van der Waals surface area contributed by atoms with Crippen LogP contribution in [0.25, 0.3) is 0 Å². The van der Waals surface area contributed by atoms with Crippen LogP contribution in [0.3, 0.4) is 0 Å². The average molecular weight is 190 g/mol. The zero-order chi connectivity index (χ0) is 10.4. The Balaban J connectivity index is 2.28. The van der Waals surface area contributed by atoms with Crippen LogP contribution in [0.1, 0.15) is 46.5 Å². The largest absolute Gasteiger partial charge is 0.0850 e. The third-order valence-corrected chi connectivity index (χ3v) is 2.75. The van der Waals surface area contributed by atoms with Crippen molar-refractivity contribution >= 4 is 0 Å². The van der Waals surface area contributed by atoms with Gasteiger partial charge in [0.2, 0.25) is 0 Å². The van der Waals surface area contributed by atoms with Crippen molar-refractivity contribution < 1.29 is 0 Å². The molecule has 0 amide bonds. The Morgan fingerprint density at radius 2 is 2.29 bits per heavy atom. The molecule has 0 N–H and O–H groups in total. The fraction of sp³-hybridized carbons (Fsp3) is 0.571. The summed E-state index contributed by atoms with van der Waals surface area (Å²) in [6, 6.07) is 0. The predicted molar refractivity (Wildman–Crippen MR) is 64.3 cm³/mol. The lowest BCUT2D eigenvalue weighted by Crippen LogP contribution is -2.00. The van der Waals surface area contributed by atoms with E-state index in [-0.39, 0.29) is 0 Å². The molecular weight excluding hydrogens is 168 g/mol. The Kier molecular flexibility index (Phi) is 4.72. The molecule has 1 rings (SSSR count). The molecule has 1 atom stereocenters. The molecule has 0 radical (unpaired) electrons. The first-order valence-electron chi connectivity index (χ1n) is 5.64. The van der Waals surface area contributed by atoms with Gasteiger partial charge >= 0.3 is 0 Å². The van der Waals surface area contributed by atoms with Gasteiger partial charge < -0.3 is 0 Å². The summed E-state index contributed by atoms with van der Waals surface area (Å²) >= 11 is 0. The fourth-order valence-corrected chi connectivity index (χ4v) is 1.74. The maximum atomic E-state index is 2.39. The molecule has 0 nitrogen and oxygen atoms in total. The highest BCUT2D eigenvalue weighted by Gasteiger charge is 2.08. The van der Waals surface area contributed by atoms with E-state index >= 15 is 0 Å². The van der Waals surface area contributed by atoms with Crippen LogP contribution in [0, 0.1) is 5.92 Å². The van der Waals surface area contributed by atoms with Crippen LogP contribution in [0.5, 0.6) is 0 Å². The molecule has 78 valence electrons. The zero-order valence-corrected chi connectivity index (χ0v) is 9.72. The number of allylic oxidation sites excluding steroid dienone is 6. The molecule has 0 spiro atoms. The molecule has 0 fully saturated rings. The van der Waals surface area contributed by atoms with Gasteiger partial charge in [-0.2, -0.15) is 0 Å². The fourth-order valence-electron chi connectivity index (χ4n) is 1.74. The summed E-state index contributed by atoms with van der Waals surface area (Å²) in [5.41, 5.74) is 2.98. The van der Waals surface area contributed by atoms with Gasteiger partial charge in [0.1, 0.15) is 0 Å². The van der Waals surface area contributed by atoms with Crippen molar-refractivity contribution in [3.8, 4) is 0 Å². The van der Waals surface area contributed by atoms with Crippen molar-refractivity contribution in [3.05, 3.63) is 35.5 Å². The van der Waals surface area contributed by atoms with Crippen LogP contribution < -0.4 is 0 Å². The molecule has 0 saturated carbocycles. The minimum Gasteiger partial charge on any atom is -0.0850 e. The molecule has 0 bridgehead atoms. The normalized spacial score (nSPS) is 22.2. The highest BCUT2D eigenvalue weighted by molar-refractivity contribution is 5.08. The smallest absolute Gasteiger partial charge is 0.0167 e. The topological polar surface area (TPSA) is 0 Å². The first-order valence-corrected chi connectivity index (χ1v) is 5.64. The molecule has 0 aromatic heterocycles. The lowest BCUT2D eigenvalue weighted by molar-refractivity contribution is 0.566. The van der Waals surface area contributed by atoms with Gasteiger partial charge in [0.05, 0.1) is 0 Å². The minimum atomic E-state index is 0.796. The SMILES string of the molecule is CC(C)=CC/C=C/C1CC=C(C)CC1. The van der Waals surface area contributed by atoms with Gasteiger partial charge in [-0.05, 0) is 52.4 Å². The van der Waals surface area contributed by atoms with E-state index < -0.39 is 0 Å². The molecule has 1 aliphatic carbocycles. The van der Waals surface area contributed by atoms with Gasteiger partial charge in [-0.15, -0.1) is 0 Å². The van der Waals surface area contributed by atoms with E-state index in [0.29, 0.717) is 0 Å². The Hall–Kier alpha value is -0.780. The molecule has 1 unspecified atom stereocenters.